The molecule has 1 aromatic heterocycles. The molecule has 0 aliphatic carbocycles. The summed E-state index contributed by atoms with van der Waals surface area (Å²) in [6.45, 7) is 9.05. The Morgan fingerprint density at radius 2 is 2.10 bits per heavy atom. The van der Waals surface area contributed by atoms with E-state index in [2.05, 4.69) is 61.2 Å². The van der Waals surface area contributed by atoms with Gasteiger partial charge < -0.3 is 14.6 Å². The number of hydrogen-bond acceptors (Lipinski definition) is 2. The van der Waals surface area contributed by atoms with E-state index in [0.29, 0.717) is 5.92 Å². The van der Waals surface area contributed by atoms with E-state index in [0.717, 1.165) is 31.1 Å². The quantitative estimate of drug-likeness (QED) is 0.819. The molecule has 0 spiro atoms. The van der Waals surface area contributed by atoms with Crippen LogP contribution in [0.2, 0.25) is 0 Å². The molecule has 0 fully saturated rings. The smallest absolute Gasteiger partial charge is 0.121 e. The number of nitrogens with zero attached hydrogens (tertiary/aromatic N) is 1. The van der Waals surface area contributed by atoms with Gasteiger partial charge in [0.1, 0.15) is 5.75 Å². The van der Waals surface area contributed by atoms with Crippen molar-refractivity contribution in [3.63, 3.8) is 0 Å². The van der Waals surface area contributed by atoms with Gasteiger partial charge in [-0.25, -0.2) is 0 Å². The fourth-order valence-electron chi connectivity index (χ4n) is 1.95. The second-order valence-corrected chi connectivity index (χ2v) is 5.44. The molecular weight excluding hydrogens is 248 g/mol. The van der Waals surface area contributed by atoms with E-state index in [-0.39, 0.29) is 0 Å². The van der Waals surface area contributed by atoms with Crippen LogP contribution in [0.5, 0.6) is 5.75 Å². The fourth-order valence-corrected chi connectivity index (χ4v) is 1.95. The number of aryl methyl sites for hydroxylation is 1. The van der Waals surface area contributed by atoms with Crippen LogP contribution in [-0.4, -0.2) is 11.2 Å². The van der Waals surface area contributed by atoms with Crippen molar-refractivity contribution in [3.05, 3.63) is 48.3 Å². The van der Waals surface area contributed by atoms with Gasteiger partial charge in [-0.15, -0.1) is 0 Å². The van der Waals surface area contributed by atoms with E-state index in [4.69, 9.17) is 4.74 Å². The van der Waals surface area contributed by atoms with Crippen molar-refractivity contribution in [2.24, 2.45) is 5.92 Å². The van der Waals surface area contributed by atoms with Gasteiger partial charge in [-0.05, 0) is 36.6 Å². The molecule has 0 amide bonds. The first-order valence-corrected chi connectivity index (χ1v) is 7.28. The zero-order chi connectivity index (χ0) is 14.4. The highest BCUT2D eigenvalue weighted by molar-refractivity contribution is 5.48. The maximum Gasteiger partial charge on any atom is 0.121 e. The SMILES string of the molecule is CCn1ccc(CNc2cccc(OCC(C)C)c2)c1. The summed E-state index contributed by atoms with van der Waals surface area (Å²) < 4.78 is 7.92. The number of hydrogen-bond donors (Lipinski definition) is 1. The molecule has 1 N–H and O–H groups in total. The molecule has 1 heterocycles. The summed E-state index contributed by atoms with van der Waals surface area (Å²) in [6, 6.07) is 10.3. The fraction of sp³-hybridized carbons (Fsp3) is 0.412. The summed E-state index contributed by atoms with van der Waals surface area (Å²) in [7, 11) is 0. The van der Waals surface area contributed by atoms with Gasteiger partial charge in [-0.3, -0.25) is 0 Å². The zero-order valence-corrected chi connectivity index (χ0v) is 12.6. The molecule has 3 nitrogen and oxygen atoms in total. The monoisotopic (exact) mass is 272 g/mol. The van der Waals surface area contributed by atoms with Gasteiger partial charge in [-0.1, -0.05) is 19.9 Å². The summed E-state index contributed by atoms with van der Waals surface area (Å²) in [5, 5.41) is 3.43. The molecular formula is C17H24N2O. The Bertz CT molecular complexity index is 531. The second kappa shape index (κ2) is 7.04. The minimum atomic E-state index is 0.542. The van der Waals surface area contributed by atoms with Gasteiger partial charge >= 0.3 is 0 Å². The minimum Gasteiger partial charge on any atom is -0.493 e. The first-order chi connectivity index (χ1) is 9.67. The topological polar surface area (TPSA) is 26.2 Å². The van der Waals surface area contributed by atoms with Crippen molar-refractivity contribution < 1.29 is 4.74 Å². The van der Waals surface area contributed by atoms with Crippen molar-refractivity contribution in [3.8, 4) is 5.75 Å². The highest BCUT2D eigenvalue weighted by Crippen LogP contribution is 2.18. The standard InChI is InChI=1S/C17H24N2O/c1-4-19-9-8-15(12-19)11-18-16-6-5-7-17(10-16)20-13-14(2)3/h5-10,12,14,18H,4,11,13H2,1-3H3. The Morgan fingerprint density at radius 1 is 1.25 bits per heavy atom. The second-order valence-electron chi connectivity index (χ2n) is 5.44. The summed E-state index contributed by atoms with van der Waals surface area (Å²) in [4.78, 5) is 0. The highest BCUT2D eigenvalue weighted by Gasteiger charge is 2.00. The van der Waals surface area contributed by atoms with Gasteiger partial charge in [-0.2, -0.15) is 0 Å². The van der Waals surface area contributed by atoms with Crippen LogP contribution in [0.25, 0.3) is 0 Å². The van der Waals surface area contributed by atoms with Crippen LogP contribution in [-0.2, 0) is 13.1 Å². The van der Waals surface area contributed by atoms with Crippen molar-refractivity contribution in [2.45, 2.75) is 33.9 Å². The lowest BCUT2D eigenvalue weighted by atomic mass is 10.2. The molecule has 1 aromatic carbocycles. The van der Waals surface area contributed by atoms with E-state index in [1.807, 2.05) is 12.1 Å². The average Bonchev–Trinajstić information content (AvgIpc) is 2.91. The van der Waals surface area contributed by atoms with Crippen molar-refractivity contribution >= 4 is 5.69 Å². The van der Waals surface area contributed by atoms with Crippen LogP contribution < -0.4 is 10.1 Å². The third kappa shape index (κ3) is 4.34. The van der Waals surface area contributed by atoms with E-state index in [1.165, 1.54) is 5.56 Å². The van der Waals surface area contributed by atoms with E-state index >= 15 is 0 Å². The number of nitrogens with one attached hydrogen (secondary N) is 1. The van der Waals surface area contributed by atoms with E-state index in [1.54, 1.807) is 0 Å². The van der Waals surface area contributed by atoms with Gasteiger partial charge in [0, 0.05) is 37.2 Å². The van der Waals surface area contributed by atoms with Gasteiger partial charge in [0.25, 0.3) is 0 Å². The maximum absolute atomic E-state index is 5.74. The molecule has 0 aliphatic rings. The lowest BCUT2D eigenvalue weighted by Crippen LogP contribution is -2.05. The van der Waals surface area contributed by atoms with Gasteiger partial charge in [0.05, 0.1) is 6.61 Å². The molecule has 108 valence electrons. The lowest BCUT2D eigenvalue weighted by molar-refractivity contribution is 0.271. The molecule has 0 atom stereocenters. The summed E-state index contributed by atoms with van der Waals surface area (Å²) >= 11 is 0. The predicted octanol–water partition coefficient (Wildman–Crippen LogP) is 4.15. The minimum absolute atomic E-state index is 0.542. The summed E-state index contributed by atoms with van der Waals surface area (Å²) in [5.41, 5.74) is 2.39. The van der Waals surface area contributed by atoms with Gasteiger partial charge in [0.2, 0.25) is 0 Å². The first kappa shape index (κ1) is 14.5. The largest absolute Gasteiger partial charge is 0.493 e. The van der Waals surface area contributed by atoms with Crippen LogP contribution >= 0.6 is 0 Å². The number of aromatic nitrogens is 1. The first-order valence-electron chi connectivity index (χ1n) is 7.28. The Balaban J connectivity index is 1.90. The average molecular weight is 272 g/mol. The third-order valence-corrected chi connectivity index (χ3v) is 3.09. The predicted molar refractivity (Wildman–Crippen MR) is 84.2 cm³/mol. The van der Waals surface area contributed by atoms with Gasteiger partial charge in [0.15, 0.2) is 0 Å². The molecule has 0 bridgehead atoms. The molecule has 3 heteroatoms. The summed E-state index contributed by atoms with van der Waals surface area (Å²) in [5.74, 6) is 1.47. The molecule has 0 saturated carbocycles. The molecule has 2 aromatic rings. The zero-order valence-electron chi connectivity index (χ0n) is 12.6. The normalized spacial score (nSPS) is 10.8. The Hall–Kier alpha value is -1.90. The number of benzene rings is 1. The summed E-state index contributed by atoms with van der Waals surface area (Å²) in [6.07, 6.45) is 4.28. The van der Waals surface area contributed by atoms with Crippen molar-refractivity contribution in [2.75, 3.05) is 11.9 Å². The Labute approximate surface area is 121 Å². The highest BCUT2D eigenvalue weighted by atomic mass is 16.5. The van der Waals surface area contributed by atoms with E-state index < -0.39 is 0 Å². The lowest BCUT2D eigenvalue weighted by Gasteiger charge is -2.11. The third-order valence-electron chi connectivity index (χ3n) is 3.09. The maximum atomic E-state index is 5.74. The Kier molecular flexibility index (Phi) is 5.10. The molecule has 0 aliphatic heterocycles. The van der Waals surface area contributed by atoms with Crippen LogP contribution in [0.4, 0.5) is 5.69 Å². The van der Waals surface area contributed by atoms with E-state index in [9.17, 15) is 0 Å². The van der Waals surface area contributed by atoms with Crippen LogP contribution in [0.3, 0.4) is 0 Å². The van der Waals surface area contributed by atoms with Crippen LogP contribution in [0, 0.1) is 5.92 Å². The van der Waals surface area contributed by atoms with Crippen LogP contribution in [0.1, 0.15) is 26.3 Å². The number of ether oxygens (including phenoxy) is 1. The molecule has 0 radical (unpaired) electrons. The molecule has 0 unspecified atom stereocenters. The van der Waals surface area contributed by atoms with Crippen molar-refractivity contribution in [1.29, 1.82) is 0 Å². The Morgan fingerprint density at radius 3 is 2.80 bits per heavy atom. The molecule has 2 rings (SSSR count). The molecule has 0 saturated heterocycles. The molecule has 20 heavy (non-hydrogen) atoms. The number of rotatable bonds is 7. The van der Waals surface area contributed by atoms with Crippen molar-refractivity contribution in [1.82, 2.24) is 4.57 Å². The van der Waals surface area contributed by atoms with Crippen LogP contribution in [0.15, 0.2) is 42.7 Å². The number of anilines is 1.